The van der Waals surface area contributed by atoms with Crippen LogP contribution in [-0.4, -0.2) is 52.0 Å². The van der Waals surface area contributed by atoms with Crippen LogP contribution in [-0.2, 0) is 9.53 Å². The summed E-state index contributed by atoms with van der Waals surface area (Å²) in [6.07, 6.45) is 0. The molecule has 0 fully saturated rings. The molecule has 9 heteroatoms. The molecule has 1 rings (SSSR count). The molecule has 0 saturated heterocycles. The number of aryl methyl sites for hydroxylation is 2. The number of hydrogen-bond donors (Lipinski definition) is 3. The number of ether oxygens (including phenoxy) is 1. The van der Waals surface area contributed by atoms with Crippen LogP contribution in [0.25, 0.3) is 0 Å². The summed E-state index contributed by atoms with van der Waals surface area (Å²) in [5, 5.41) is 20.7. The van der Waals surface area contributed by atoms with Crippen LogP contribution in [0.4, 0.5) is 10.7 Å². The SMILES string of the molecule is Cc1nnc(NC(=O)NCCOCC(=O)O)nc1C. The zero-order valence-electron chi connectivity index (χ0n) is 10.6. The number of carbonyl (C=O) groups is 2. The van der Waals surface area contributed by atoms with Crippen molar-refractivity contribution in [3.63, 3.8) is 0 Å². The lowest BCUT2D eigenvalue weighted by Crippen LogP contribution is -2.32. The topological polar surface area (TPSA) is 126 Å². The first-order valence-electron chi connectivity index (χ1n) is 5.51. The number of nitrogens with zero attached hydrogens (tertiary/aromatic N) is 3. The smallest absolute Gasteiger partial charge is 0.329 e. The Morgan fingerprint density at radius 2 is 2.00 bits per heavy atom. The van der Waals surface area contributed by atoms with Crippen LogP contribution in [0.3, 0.4) is 0 Å². The number of nitrogens with one attached hydrogen (secondary N) is 2. The van der Waals surface area contributed by atoms with E-state index in [0.717, 1.165) is 0 Å². The summed E-state index contributed by atoms with van der Waals surface area (Å²) in [6, 6.07) is -0.510. The molecule has 1 aromatic heterocycles. The summed E-state index contributed by atoms with van der Waals surface area (Å²) in [5.74, 6) is -0.953. The third-order valence-corrected chi connectivity index (χ3v) is 2.07. The van der Waals surface area contributed by atoms with Gasteiger partial charge < -0.3 is 15.2 Å². The van der Waals surface area contributed by atoms with E-state index < -0.39 is 18.6 Å². The van der Waals surface area contributed by atoms with Gasteiger partial charge in [-0.3, -0.25) is 5.32 Å². The van der Waals surface area contributed by atoms with Gasteiger partial charge in [-0.1, -0.05) is 0 Å². The minimum absolute atomic E-state index is 0.103. The van der Waals surface area contributed by atoms with Crippen LogP contribution in [0.15, 0.2) is 0 Å². The van der Waals surface area contributed by atoms with Gasteiger partial charge in [0.1, 0.15) is 6.61 Å². The molecule has 9 nitrogen and oxygen atoms in total. The monoisotopic (exact) mass is 269 g/mol. The Hall–Kier alpha value is -2.29. The van der Waals surface area contributed by atoms with Crippen molar-refractivity contribution in [3.05, 3.63) is 11.4 Å². The molecule has 3 N–H and O–H groups in total. The van der Waals surface area contributed by atoms with Crippen molar-refractivity contribution < 1.29 is 19.4 Å². The average molecular weight is 269 g/mol. The van der Waals surface area contributed by atoms with Crippen LogP contribution >= 0.6 is 0 Å². The lowest BCUT2D eigenvalue weighted by Gasteiger charge is -2.06. The molecule has 0 aliphatic carbocycles. The molecule has 1 heterocycles. The van der Waals surface area contributed by atoms with Gasteiger partial charge in [0.15, 0.2) is 0 Å². The van der Waals surface area contributed by atoms with E-state index in [1.54, 1.807) is 13.8 Å². The van der Waals surface area contributed by atoms with Crippen molar-refractivity contribution in [3.8, 4) is 0 Å². The van der Waals surface area contributed by atoms with Crippen LogP contribution in [0.5, 0.6) is 0 Å². The minimum atomic E-state index is -1.06. The van der Waals surface area contributed by atoms with Crippen molar-refractivity contribution in [1.82, 2.24) is 20.5 Å². The lowest BCUT2D eigenvalue weighted by molar-refractivity contribution is -0.142. The quantitative estimate of drug-likeness (QED) is 0.606. The van der Waals surface area contributed by atoms with Gasteiger partial charge in [0.2, 0.25) is 0 Å². The predicted octanol–water partition coefficient (Wildman–Crippen LogP) is -0.289. The van der Waals surface area contributed by atoms with E-state index in [4.69, 9.17) is 9.84 Å². The molecule has 0 saturated carbocycles. The van der Waals surface area contributed by atoms with Gasteiger partial charge in [-0.25, -0.2) is 14.6 Å². The van der Waals surface area contributed by atoms with Crippen molar-refractivity contribution >= 4 is 17.9 Å². The fraction of sp³-hybridized carbons (Fsp3) is 0.500. The maximum atomic E-state index is 11.4. The number of rotatable bonds is 6. The van der Waals surface area contributed by atoms with E-state index in [-0.39, 0.29) is 19.1 Å². The number of anilines is 1. The highest BCUT2D eigenvalue weighted by Gasteiger charge is 2.06. The van der Waals surface area contributed by atoms with E-state index in [1.165, 1.54) is 0 Å². The number of carbonyl (C=O) groups excluding carboxylic acids is 1. The van der Waals surface area contributed by atoms with Crippen molar-refractivity contribution in [2.45, 2.75) is 13.8 Å². The number of carboxylic acid groups (broad SMARTS) is 1. The largest absolute Gasteiger partial charge is 0.480 e. The zero-order valence-corrected chi connectivity index (χ0v) is 10.6. The molecule has 0 bridgehead atoms. The third-order valence-electron chi connectivity index (χ3n) is 2.07. The molecule has 0 aliphatic heterocycles. The molecule has 1 aromatic rings. The standard InChI is InChI=1S/C10H15N5O4/c1-6-7(2)14-15-9(12-6)13-10(18)11-3-4-19-5-8(16)17/h3-5H2,1-2H3,(H,16,17)(H2,11,12,13,15,18). The van der Waals surface area contributed by atoms with Crippen molar-refractivity contribution in [1.29, 1.82) is 0 Å². The van der Waals surface area contributed by atoms with E-state index in [9.17, 15) is 9.59 Å². The fourth-order valence-electron chi connectivity index (χ4n) is 1.05. The summed E-state index contributed by atoms with van der Waals surface area (Å²) < 4.78 is 4.74. The maximum absolute atomic E-state index is 11.4. The highest BCUT2D eigenvalue weighted by atomic mass is 16.5. The van der Waals surface area contributed by atoms with Gasteiger partial charge in [-0.15, -0.1) is 5.10 Å². The highest BCUT2D eigenvalue weighted by molar-refractivity contribution is 5.87. The maximum Gasteiger partial charge on any atom is 0.329 e. The fourth-order valence-corrected chi connectivity index (χ4v) is 1.05. The van der Waals surface area contributed by atoms with Gasteiger partial charge in [0.05, 0.1) is 18.0 Å². The van der Waals surface area contributed by atoms with E-state index >= 15 is 0 Å². The van der Waals surface area contributed by atoms with E-state index in [2.05, 4.69) is 25.8 Å². The summed E-state index contributed by atoms with van der Waals surface area (Å²) >= 11 is 0. The Morgan fingerprint density at radius 3 is 2.63 bits per heavy atom. The van der Waals surface area contributed by atoms with Crippen molar-refractivity contribution in [2.75, 3.05) is 25.1 Å². The summed E-state index contributed by atoms with van der Waals surface area (Å²) in [4.78, 5) is 25.6. The normalized spacial score (nSPS) is 10.0. The number of hydrogen-bond acceptors (Lipinski definition) is 6. The molecule has 0 unspecified atom stereocenters. The average Bonchev–Trinajstić information content (AvgIpc) is 2.33. The molecule has 0 aromatic carbocycles. The molecule has 0 aliphatic rings. The molecule has 0 radical (unpaired) electrons. The number of aliphatic carboxylic acids is 1. The molecule has 0 atom stereocenters. The molecule has 2 amide bonds. The summed E-state index contributed by atoms with van der Waals surface area (Å²) in [5.41, 5.74) is 1.36. The van der Waals surface area contributed by atoms with Gasteiger partial charge >= 0.3 is 12.0 Å². The Labute approximate surface area is 109 Å². The van der Waals surface area contributed by atoms with E-state index in [0.29, 0.717) is 11.4 Å². The number of carboxylic acids is 1. The summed E-state index contributed by atoms with van der Waals surface area (Å²) in [6.45, 7) is 3.41. The van der Waals surface area contributed by atoms with Crippen LogP contribution in [0.2, 0.25) is 0 Å². The first-order chi connectivity index (χ1) is 8.99. The van der Waals surface area contributed by atoms with Gasteiger partial charge in [0.25, 0.3) is 5.95 Å². The van der Waals surface area contributed by atoms with Crippen LogP contribution < -0.4 is 10.6 Å². The molecular weight excluding hydrogens is 254 g/mol. The number of aromatic nitrogens is 3. The van der Waals surface area contributed by atoms with Crippen LogP contribution in [0.1, 0.15) is 11.4 Å². The van der Waals surface area contributed by atoms with Crippen LogP contribution in [0, 0.1) is 13.8 Å². The highest BCUT2D eigenvalue weighted by Crippen LogP contribution is 2.01. The minimum Gasteiger partial charge on any atom is -0.480 e. The Kier molecular flexibility index (Phi) is 5.61. The lowest BCUT2D eigenvalue weighted by atomic mass is 10.4. The Balaban J connectivity index is 2.27. The van der Waals surface area contributed by atoms with Gasteiger partial charge in [-0.2, -0.15) is 5.10 Å². The second-order valence-corrected chi connectivity index (χ2v) is 3.63. The summed E-state index contributed by atoms with van der Waals surface area (Å²) in [7, 11) is 0. The zero-order chi connectivity index (χ0) is 14.3. The Morgan fingerprint density at radius 1 is 1.26 bits per heavy atom. The molecule has 0 spiro atoms. The van der Waals surface area contributed by atoms with Gasteiger partial charge in [0, 0.05) is 6.54 Å². The molecular formula is C10H15N5O4. The third kappa shape index (κ3) is 5.73. The first kappa shape index (κ1) is 14.8. The second-order valence-electron chi connectivity index (χ2n) is 3.63. The molecule has 19 heavy (non-hydrogen) atoms. The number of urea groups is 1. The number of amides is 2. The van der Waals surface area contributed by atoms with Crippen molar-refractivity contribution in [2.24, 2.45) is 0 Å². The molecule has 104 valence electrons. The predicted molar refractivity (Wildman–Crippen MR) is 64.8 cm³/mol. The van der Waals surface area contributed by atoms with Gasteiger partial charge in [-0.05, 0) is 13.8 Å². The Bertz CT molecular complexity index is 465. The first-order valence-corrected chi connectivity index (χ1v) is 5.51. The van der Waals surface area contributed by atoms with E-state index in [1.807, 2.05) is 0 Å². The second kappa shape index (κ2) is 7.21.